The van der Waals surface area contributed by atoms with E-state index in [1.165, 1.54) is 12.1 Å². The number of rotatable bonds is 6. The minimum atomic E-state index is -3.96. The second kappa shape index (κ2) is 7.64. The van der Waals surface area contributed by atoms with E-state index in [1.54, 1.807) is 19.1 Å². The summed E-state index contributed by atoms with van der Waals surface area (Å²) in [6.07, 6.45) is 0.527. The Morgan fingerprint density at radius 2 is 1.80 bits per heavy atom. The lowest BCUT2D eigenvalue weighted by atomic mass is 10.0. The molecule has 9 heteroatoms. The molecule has 1 unspecified atom stereocenters. The van der Waals surface area contributed by atoms with Crippen molar-refractivity contribution in [2.75, 3.05) is 0 Å². The van der Waals surface area contributed by atoms with Crippen LogP contribution in [0, 0.1) is 19.8 Å². The number of carbonyl (C=O) groups is 1. The molecule has 2 N–H and O–H groups in total. The van der Waals surface area contributed by atoms with Gasteiger partial charge in [-0.2, -0.15) is 0 Å². The average Bonchev–Trinajstić information content (AvgIpc) is 2.92. The van der Waals surface area contributed by atoms with Gasteiger partial charge in [-0.1, -0.05) is 31.5 Å². The second-order valence-electron chi connectivity index (χ2n) is 6.23. The van der Waals surface area contributed by atoms with E-state index in [2.05, 4.69) is 15.5 Å². The molecule has 2 aromatic rings. The third-order valence-corrected chi connectivity index (χ3v) is 4.76. The molecule has 0 bridgehead atoms. The quantitative estimate of drug-likeness (QED) is 0.812. The monoisotopic (exact) mass is 366 g/mol. The van der Waals surface area contributed by atoms with Crippen LogP contribution in [0.2, 0.25) is 0 Å². The maximum Gasteiger partial charge on any atom is 0.329 e. The average molecular weight is 366 g/mol. The number of sulfonamides is 1. The van der Waals surface area contributed by atoms with Crippen molar-refractivity contribution in [2.24, 2.45) is 5.92 Å². The lowest BCUT2D eigenvalue weighted by molar-refractivity contribution is 0.236. The van der Waals surface area contributed by atoms with Gasteiger partial charge in [-0.3, -0.25) is 0 Å². The van der Waals surface area contributed by atoms with Crippen LogP contribution in [-0.2, 0) is 10.0 Å². The summed E-state index contributed by atoms with van der Waals surface area (Å²) >= 11 is 0. The van der Waals surface area contributed by atoms with Crippen molar-refractivity contribution in [1.82, 2.24) is 20.2 Å². The van der Waals surface area contributed by atoms with Gasteiger partial charge < -0.3 is 9.73 Å². The minimum Gasteiger partial charge on any atom is -0.423 e. The fourth-order valence-corrected chi connectivity index (χ4v) is 3.15. The fourth-order valence-electron chi connectivity index (χ4n) is 2.23. The molecule has 25 heavy (non-hydrogen) atoms. The maximum atomic E-state index is 12.3. The Bertz CT molecular complexity index is 828. The highest BCUT2D eigenvalue weighted by molar-refractivity contribution is 7.90. The van der Waals surface area contributed by atoms with Gasteiger partial charge in [-0.05, 0) is 31.4 Å². The van der Waals surface area contributed by atoms with Gasteiger partial charge in [0.25, 0.3) is 10.0 Å². The second-order valence-corrected chi connectivity index (χ2v) is 7.92. The molecule has 0 aliphatic rings. The standard InChI is InChI=1S/C16H22N4O4S/c1-10(2)9-14(15-19-18-12(4)24-15)17-16(21)20-25(22,23)13-7-5-11(3)6-8-13/h5-8,10,14H,9H2,1-4H3,(H2,17,20,21). The SMILES string of the molecule is Cc1ccc(S(=O)(=O)NC(=O)NC(CC(C)C)c2nnc(C)o2)cc1. The van der Waals surface area contributed by atoms with Gasteiger partial charge in [0.05, 0.1) is 4.90 Å². The van der Waals surface area contributed by atoms with E-state index in [9.17, 15) is 13.2 Å². The Morgan fingerprint density at radius 3 is 2.32 bits per heavy atom. The highest BCUT2D eigenvalue weighted by Gasteiger charge is 2.24. The highest BCUT2D eigenvalue weighted by Crippen LogP contribution is 2.20. The first kappa shape index (κ1) is 18.9. The van der Waals surface area contributed by atoms with E-state index in [4.69, 9.17) is 4.42 Å². The summed E-state index contributed by atoms with van der Waals surface area (Å²) in [5.74, 6) is 0.846. The van der Waals surface area contributed by atoms with E-state index < -0.39 is 22.1 Å². The molecule has 0 saturated carbocycles. The van der Waals surface area contributed by atoms with Crippen LogP contribution in [-0.4, -0.2) is 24.6 Å². The summed E-state index contributed by atoms with van der Waals surface area (Å²) in [7, 11) is -3.96. The van der Waals surface area contributed by atoms with Crippen molar-refractivity contribution in [3.8, 4) is 0 Å². The number of aryl methyl sites for hydroxylation is 2. The Balaban J connectivity index is 2.11. The van der Waals surface area contributed by atoms with Crippen molar-refractivity contribution in [2.45, 2.75) is 45.1 Å². The van der Waals surface area contributed by atoms with Gasteiger partial charge in [0.2, 0.25) is 11.8 Å². The number of amides is 2. The normalized spacial score (nSPS) is 12.8. The lowest BCUT2D eigenvalue weighted by Gasteiger charge is -2.17. The molecule has 1 aromatic carbocycles. The van der Waals surface area contributed by atoms with Gasteiger partial charge in [0.1, 0.15) is 6.04 Å². The third-order valence-electron chi connectivity index (χ3n) is 3.41. The van der Waals surface area contributed by atoms with Gasteiger partial charge >= 0.3 is 6.03 Å². The largest absolute Gasteiger partial charge is 0.423 e. The van der Waals surface area contributed by atoms with Crippen LogP contribution >= 0.6 is 0 Å². The molecule has 1 aromatic heterocycles. The van der Waals surface area contributed by atoms with Crippen molar-refractivity contribution in [3.63, 3.8) is 0 Å². The summed E-state index contributed by atoms with van der Waals surface area (Å²) in [6, 6.07) is 4.79. The lowest BCUT2D eigenvalue weighted by Crippen LogP contribution is -2.41. The molecule has 0 aliphatic heterocycles. The van der Waals surface area contributed by atoms with Crippen LogP contribution in [0.1, 0.15) is 43.7 Å². The van der Waals surface area contributed by atoms with Gasteiger partial charge in [-0.25, -0.2) is 17.9 Å². The highest BCUT2D eigenvalue weighted by atomic mass is 32.2. The Labute approximate surface area is 147 Å². The van der Waals surface area contributed by atoms with Crippen LogP contribution in [0.3, 0.4) is 0 Å². The summed E-state index contributed by atoms with van der Waals surface area (Å²) in [5, 5.41) is 10.2. The Hall–Kier alpha value is -2.42. The van der Waals surface area contributed by atoms with Crippen LogP contribution in [0.25, 0.3) is 0 Å². The predicted molar refractivity (Wildman–Crippen MR) is 91.3 cm³/mol. The molecule has 136 valence electrons. The van der Waals surface area contributed by atoms with E-state index in [0.29, 0.717) is 12.3 Å². The van der Waals surface area contributed by atoms with E-state index >= 15 is 0 Å². The number of nitrogens with zero attached hydrogens (tertiary/aromatic N) is 2. The molecule has 8 nitrogen and oxygen atoms in total. The van der Waals surface area contributed by atoms with Crippen molar-refractivity contribution in [3.05, 3.63) is 41.6 Å². The molecular formula is C16H22N4O4S. The molecule has 0 fully saturated rings. The number of urea groups is 1. The zero-order valence-electron chi connectivity index (χ0n) is 14.6. The summed E-state index contributed by atoms with van der Waals surface area (Å²) in [6.45, 7) is 7.43. The molecule has 1 heterocycles. The molecule has 2 amide bonds. The fraction of sp³-hybridized carbons (Fsp3) is 0.438. The first-order valence-corrected chi connectivity index (χ1v) is 9.35. The molecule has 0 aliphatic carbocycles. The topological polar surface area (TPSA) is 114 Å². The number of aromatic nitrogens is 2. The molecular weight excluding hydrogens is 344 g/mol. The molecule has 0 radical (unpaired) electrons. The molecule has 0 spiro atoms. The maximum absolute atomic E-state index is 12.3. The van der Waals surface area contributed by atoms with Gasteiger partial charge in [0.15, 0.2) is 0 Å². The summed E-state index contributed by atoms with van der Waals surface area (Å²) < 4.78 is 31.9. The first-order valence-electron chi connectivity index (χ1n) is 7.87. The van der Waals surface area contributed by atoms with Crippen LogP contribution in [0.5, 0.6) is 0 Å². The van der Waals surface area contributed by atoms with Crippen molar-refractivity contribution < 1.29 is 17.6 Å². The predicted octanol–water partition coefficient (Wildman–Crippen LogP) is 2.46. The van der Waals surface area contributed by atoms with Crippen LogP contribution in [0.15, 0.2) is 33.6 Å². The van der Waals surface area contributed by atoms with Gasteiger partial charge in [-0.15, -0.1) is 10.2 Å². The van der Waals surface area contributed by atoms with E-state index in [1.807, 2.05) is 25.5 Å². The zero-order valence-corrected chi connectivity index (χ0v) is 15.4. The van der Waals surface area contributed by atoms with Crippen LogP contribution in [0.4, 0.5) is 4.79 Å². The Morgan fingerprint density at radius 1 is 1.16 bits per heavy atom. The van der Waals surface area contributed by atoms with E-state index in [0.717, 1.165) is 5.56 Å². The summed E-state index contributed by atoms with van der Waals surface area (Å²) in [5.41, 5.74) is 0.923. The minimum absolute atomic E-state index is 0.0160. The van der Waals surface area contributed by atoms with E-state index in [-0.39, 0.29) is 16.7 Å². The first-order chi connectivity index (χ1) is 11.7. The molecule has 2 rings (SSSR count). The number of hydrogen-bond donors (Lipinski definition) is 2. The van der Waals surface area contributed by atoms with Gasteiger partial charge in [0, 0.05) is 6.92 Å². The number of hydrogen-bond acceptors (Lipinski definition) is 6. The van der Waals surface area contributed by atoms with Crippen molar-refractivity contribution in [1.29, 1.82) is 0 Å². The summed E-state index contributed by atoms with van der Waals surface area (Å²) in [4.78, 5) is 12.2. The molecule has 1 atom stereocenters. The molecule has 0 saturated heterocycles. The third kappa shape index (κ3) is 5.28. The Kier molecular flexibility index (Phi) is 5.78. The van der Waals surface area contributed by atoms with Crippen LogP contribution < -0.4 is 10.0 Å². The van der Waals surface area contributed by atoms with Crippen molar-refractivity contribution >= 4 is 16.1 Å². The number of carbonyl (C=O) groups excluding carboxylic acids is 1. The smallest absolute Gasteiger partial charge is 0.329 e. The number of nitrogens with one attached hydrogen (secondary N) is 2. The zero-order chi connectivity index (χ0) is 18.6. The number of benzene rings is 1.